The van der Waals surface area contributed by atoms with Gasteiger partial charge in [-0.15, -0.1) is 0 Å². The van der Waals surface area contributed by atoms with E-state index < -0.39 is 0 Å². The fraction of sp³-hybridized carbons (Fsp3) is 0.818. The molecule has 0 radical (unpaired) electrons. The molecule has 22 heavy (non-hydrogen) atoms. The quantitative estimate of drug-likeness (QED) is 0.432. The summed E-state index contributed by atoms with van der Waals surface area (Å²) in [5, 5.41) is 0. The van der Waals surface area contributed by atoms with Crippen LogP contribution in [0.3, 0.4) is 0 Å². The zero-order chi connectivity index (χ0) is 15.6. The molecule has 0 aromatic carbocycles. The molecule has 0 N–H and O–H groups in total. The third kappa shape index (κ3) is 6.31. The summed E-state index contributed by atoms with van der Waals surface area (Å²) in [5.41, 5.74) is 0. The molecule has 0 amide bonds. The van der Waals surface area contributed by atoms with E-state index in [0.29, 0.717) is 0 Å². The summed E-state index contributed by atoms with van der Waals surface area (Å²) in [6.07, 6.45) is 26.9. The smallest absolute Gasteiger partial charge is 0.0233 e. The fourth-order valence-electron chi connectivity index (χ4n) is 4.41. The molecule has 0 aromatic heterocycles. The summed E-state index contributed by atoms with van der Waals surface area (Å²) >= 11 is 0. The van der Waals surface area contributed by atoms with Gasteiger partial charge in [0.2, 0.25) is 0 Å². The van der Waals surface area contributed by atoms with Gasteiger partial charge in [-0.2, -0.15) is 0 Å². The SMILES string of the molecule is CC/C=C/[C@H]1CC[C@H](/C=C/CC[C@H]2CC[C@H](CC)CC2)CC1. The first-order valence-electron chi connectivity index (χ1n) is 10.1. The molecular weight excluding hydrogens is 264 g/mol. The first kappa shape index (κ1) is 17.8. The van der Waals surface area contributed by atoms with Crippen molar-refractivity contribution in [2.45, 2.75) is 90.9 Å². The molecule has 0 aromatic rings. The van der Waals surface area contributed by atoms with Crippen LogP contribution in [0, 0.1) is 23.7 Å². The maximum Gasteiger partial charge on any atom is -0.0233 e. The van der Waals surface area contributed by atoms with Crippen molar-refractivity contribution < 1.29 is 0 Å². The minimum Gasteiger partial charge on any atom is -0.0885 e. The molecule has 0 bridgehead atoms. The molecule has 2 rings (SSSR count). The lowest BCUT2D eigenvalue weighted by Gasteiger charge is -2.27. The third-order valence-electron chi connectivity index (χ3n) is 6.15. The molecule has 2 fully saturated rings. The van der Waals surface area contributed by atoms with E-state index in [2.05, 4.69) is 38.2 Å². The van der Waals surface area contributed by atoms with Gasteiger partial charge in [-0.25, -0.2) is 0 Å². The van der Waals surface area contributed by atoms with Crippen LogP contribution in [0.15, 0.2) is 24.3 Å². The van der Waals surface area contributed by atoms with Crippen molar-refractivity contribution in [3.8, 4) is 0 Å². The lowest BCUT2D eigenvalue weighted by Crippen LogP contribution is -2.13. The normalized spacial score (nSPS) is 33.7. The van der Waals surface area contributed by atoms with Crippen molar-refractivity contribution in [1.82, 2.24) is 0 Å². The van der Waals surface area contributed by atoms with E-state index in [-0.39, 0.29) is 0 Å². The summed E-state index contributed by atoms with van der Waals surface area (Å²) in [5.74, 6) is 3.83. The number of allylic oxidation sites excluding steroid dienone is 4. The zero-order valence-corrected chi connectivity index (χ0v) is 15.1. The molecule has 0 aliphatic heterocycles. The van der Waals surface area contributed by atoms with Crippen LogP contribution in [0.2, 0.25) is 0 Å². The molecule has 0 heteroatoms. The van der Waals surface area contributed by atoms with E-state index in [0.717, 1.165) is 23.7 Å². The summed E-state index contributed by atoms with van der Waals surface area (Å²) in [6.45, 7) is 4.60. The van der Waals surface area contributed by atoms with E-state index in [9.17, 15) is 0 Å². The van der Waals surface area contributed by atoms with Crippen molar-refractivity contribution >= 4 is 0 Å². The summed E-state index contributed by atoms with van der Waals surface area (Å²) in [7, 11) is 0. The van der Waals surface area contributed by atoms with E-state index in [1.54, 1.807) is 0 Å². The van der Waals surface area contributed by atoms with Gasteiger partial charge >= 0.3 is 0 Å². The molecule has 2 aliphatic rings. The van der Waals surface area contributed by atoms with Crippen LogP contribution in [0.4, 0.5) is 0 Å². The molecule has 2 aliphatic carbocycles. The van der Waals surface area contributed by atoms with Crippen LogP contribution in [0.1, 0.15) is 90.9 Å². The van der Waals surface area contributed by atoms with Crippen molar-refractivity contribution in [2.75, 3.05) is 0 Å². The molecular formula is C22H38. The second kappa shape index (κ2) is 10.3. The Morgan fingerprint density at radius 2 is 1.23 bits per heavy atom. The Hall–Kier alpha value is -0.520. The zero-order valence-electron chi connectivity index (χ0n) is 15.1. The average molecular weight is 303 g/mol. The number of rotatable bonds is 7. The van der Waals surface area contributed by atoms with Gasteiger partial charge in [0.15, 0.2) is 0 Å². The Bertz CT molecular complexity index is 322. The fourth-order valence-corrected chi connectivity index (χ4v) is 4.41. The molecule has 0 nitrogen and oxygen atoms in total. The van der Waals surface area contributed by atoms with Crippen LogP contribution in [0.5, 0.6) is 0 Å². The van der Waals surface area contributed by atoms with Crippen molar-refractivity contribution in [3.05, 3.63) is 24.3 Å². The topological polar surface area (TPSA) is 0 Å². The molecule has 126 valence electrons. The average Bonchev–Trinajstić information content (AvgIpc) is 2.58. The number of hydrogen-bond acceptors (Lipinski definition) is 0. The maximum absolute atomic E-state index is 2.55. The Morgan fingerprint density at radius 1 is 0.682 bits per heavy atom. The highest BCUT2D eigenvalue weighted by molar-refractivity contribution is 4.96. The first-order chi connectivity index (χ1) is 10.8. The van der Waals surface area contributed by atoms with Gasteiger partial charge in [0.1, 0.15) is 0 Å². The van der Waals surface area contributed by atoms with Crippen molar-refractivity contribution in [2.24, 2.45) is 23.7 Å². The Morgan fingerprint density at radius 3 is 1.77 bits per heavy atom. The molecule has 0 unspecified atom stereocenters. The molecule has 0 spiro atoms. The summed E-state index contributed by atoms with van der Waals surface area (Å²) < 4.78 is 0. The first-order valence-corrected chi connectivity index (χ1v) is 10.1. The van der Waals surface area contributed by atoms with Crippen molar-refractivity contribution in [1.29, 1.82) is 0 Å². The van der Waals surface area contributed by atoms with Crippen LogP contribution >= 0.6 is 0 Å². The molecule has 0 saturated heterocycles. The minimum atomic E-state index is 0.873. The minimum absolute atomic E-state index is 0.873. The highest BCUT2D eigenvalue weighted by Crippen LogP contribution is 2.34. The van der Waals surface area contributed by atoms with Gasteiger partial charge in [0, 0.05) is 0 Å². The van der Waals surface area contributed by atoms with E-state index in [1.165, 1.54) is 77.0 Å². The largest absolute Gasteiger partial charge is 0.0885 e. The molecule has 2 saturated carbocycles. The van der Waals surface area contributed by atoms with Gasteiger partial charge in [-0.3, -0.25) is 0 Å². The van der Waals surface area contributed by atoms with Gasteiger partial charge in [-0.1, -0.05) is 70.3 Å². The monoisotopic (exact) mass is 302 g/mol. The lowest BCUT2D eigenvalue weighted by atomic mass is 9.79. The lowest BCUT2D eigenvalue weighted by molar-refractivity contribution is 0.259. The van der Waals surface area contributed by atoms with Crippen molar-refractivity contribution in [3.63, 3.8) is 0 Å². The van der Waals surface area contributed by atoms with Crippen LogP contribution in [0.25, 0.3) is 0 Å². The highest BCUT2D eigenvalue weighted by Gasteiger charge is 2.19. The Balaban J connectivity index is 1.56. The van der Waals surface area contributed by atoms with E-state index in [1.807, 2.05) is 0 Å². The van der Waals surface area contributed by atoms with Gasteiger partial charge in [0.25, 0.3) is 0 Å². The molecule has 0 heterocycles. The second-order valence-electron chi connectivity index (χ2n) is 7.81. The summed E-state index contributed by atoms with van der Waals surface area (Å²) in [4.78, 5) is 0. The van der Waals surface area contributed by atoms with E-state index in [4.69, 9.17) is 0 Å². The standard InChI is InChI=1S/C22H38/c1-3-5-8-20-15-17-22(18-16-20)10-7-6-9-21-13-11-19(4-2)12-14-21/h5,7-8,10,19-22H,3-4,6,9,11-18H2,1-2H3/b8-5+,10-7+/t19-,20-,21-,22-. The van der Waals surface area contributed by atoms with E-state index >= 15 is 0 Å². The van der Waals surface area contributed by atoms with Crippen LogP contribution < -0.4 is 0 Å². The summed E-state index contributed by atoms with van der Waals surface area (Å²) in [6, 6.07) is 0. The van der Waals surface area contributed by atoms with Gasteiger partial charge < -0.3 is 0 Å². The van der Waals surface area contributed by atoms with Crippen LogP contribution in [-0.4, -0.2) is 0 Å². The highest BCUT2D eigenvalue weighted by atomic mass is 14.3. The maximum atomic E-state index is 2.55. The molecule has 0 atom stereocenters. The Labute approximate surface area is 139 Å². The van der Waals surface area contributed by atoms with Gasteiger partial charge in [0.05, 0.1) is 0 Å². The predicted molar refractivity (Wildman–Crippen MR) is 99.0 cm³/mol. The second-order valence-corrected chi connectivity index (χ2v) is 7.81. The Kier molecular flexibility index (Phi) is 8.34. The van der Waals surface area contributed by atoms with Crippen LogP contribution in [-0.2, 0) is 0 Å². The third-order valence-corrected chi connectivity index (χ3v) is 6.15. The number of hydrogen-bond donors (Lipinski definition) is 0. The predicted octanol–water partition coefficient (Wildman–Crippen LogP) is 7.31. The van der Waals surface area contributed by atoms with Gasteiger partial charge in [-0.05, 0) is 68.6 Å².